The minimum absolute atomic E-state index is 0.117. The fraction of sp³-hybridized carbons (Fsp3) is 0.133. The monoisotopic (exact) mass is 397 g/mol. The maximum atomic E-state index is 12.7. The Hall–Kier alpha value is -1.33. The highest BCUT2D eigenvalue weighted by Crippen LogP contribution is 2.29. The van der Waals surface area contributed by atoms with E-state index in [1.807, 2.05) is 13.0 Å². The standard InChI is InChI=1S/C15H13Br2NO2/c1-8-11(6-10(17)7-13(8)18)15(19)12-5-9(16)3-4-14(12)20-2/h3-7H,18H2,1-2H3. The lowest BCUT2D eigenvalue weighted by molar-refractivity contribution is 0.103. The number of nitrogens with two attached hydrogens (primary N) is 1. The molecule has 5 heteroatoms. The number of ether oxygens (including phenoxy) is 1. The van der Waals surface area contributed by atoms with Crippen LogP contribution < -0.4 is 10.5 Å². The second-order valence-electron chi connectivity index (χ2n) is 4.34. The first-order valence-corrected chi connectivity index (χ1v) is 7.46. The van der Waals surface area contributed by atoms with Crippen LogP contribution in [-0.2, 0) is 0 Å². The molecule has 2 aromatic carbocycles. The molecule has 20 heavy (non-hydrogen) atoms. The van der Waals surface area contributed by atoms with Gasteiger partial charge in [0.2, 0.25) is 0 Å². The highest BCUT2D eigenvalue weighted by molar-refractivity contribution is 9.10. The summed E-state index contributed by atoms with van der Waals surface area (Å²) in [5.41, 5.74) is 8.32. The number of anilines is 1. The number of nitrogen functional groups attached to an aromatic ring is 1. The van der Waals surface area contributed by atoms with E-state index in [2.05, 4.69) is 31.9 Å². The van der Waals surface area contributed by atoms with Crippen LogP contribution >= 0.6 is 31.9 Å². The predicted molar refractivity (Wildman–Crippen MR) is 87.4 cm³/mol. The zero-order chi connectivity index (χ0) is 14.9. The van der Waals surface area contributed by atoms with Crippen molar-refractivity contribution < 1.29 is 9.53 Å². The lowest BCUT2D eigenvalue weighted by atomic mass is 9.97. The zero-order valence-corrected chi connectivity index (χ0v) is 14.2. The van der Waals surface area contributed by atoms with Crippen LogP contribution in [0.3, 0.4) is 0 Å². The van der Waals surface area contributed by atoms with E-state index in [1.165, 1.54) is 0 Å². The molecule has 0 aliphatic carbocycles. The average molecular weight is 399 g/mol. The van der Waals surface area contributed by atoms with Crippen LogP contribution in [0.25, 0.3) is 0 Å². The van der Waals surface area contributed by atoms with E-state index in [1.54, 1.807) is 31.4 Å². The predicted octanol–water partition coefficient (Wildman–Crippen LogP) is 4.34. The fourth-order valence-corrected chi connectivity index (χ4v) is 2.78. The van der Waals surface area contributed by atoms with Crippen LogP contribution in [0.15, 0.2) is 39.3 Å². The molecular formula is C15H13Br2NO2. The first-order chi connectivity index (χ1) is 9.43. The Morgan fingerprint density at radius 1 is 1.10 bits per heavy atom. The molecule has 0 bridgehead atoms. The largest absolute Gasteiger partial charge is 0.496 e. The van der Waals surface area contributed by atoms with Crippen LogP contribution in [0.4, 0.5) is 5.69 Å². The van der Waals surface area contributed by atoms with E-state index < -0.39 is 0 Å². The third kappa shape index (κ3) is 2.88. The van der Waals surface area contributed by atoms with Gasteiger partial charge >= 0.3 is 0 Å². The van der Waals surface area contributed by atoms with E-state index in [9.17, 15) is 4.79 Å². The second kappa shape index (κ2) is 5.97. The molecule has 0 amide bonds. The van der Waals surface area contributed by atoms with Crippen molar-refractivity contribution in [2.75, 3.05) is 12.8 Å². The van der Waals surface area contributed by atoms with Crippen LogP contribution in [0.2, 0.25) is 0 Å². The van der Waals surface area contributed by atoms with E-state index in [0.29, 0.717) is 22.6 Å². The van der Waals surface area contributed by atoms with Crippen LogP contribution in [0, 0.1) is 6.92 Å². The lowest BCUT2D eigenvalue weighted by Crippen LogP contribution is -2.08. The molecule has 104 valence electrons. The molecule has 0 unspecified atom stereocenters. The van der Waals surface area contributed by atoms with Gasteiger partial charge in [0, 0.05) is 20.2 Å². The Labute approximate surface area is 134 Å². The molecule has 0 aliphatic heterocycles. The second-order valence-corrected chi connectivity index (χ2v) is 6.17. The molecule has 0 atom stereocenters. The summed E-state index contributed by atoms with van der Waals surface area (Å²) in [6.07, 6.45) is 0. The number of halogens is 2. The fourth-order valence-electron chi connectivity index (χ4n) is 1.94. The summed E-state index contributed by atoms with van der Waals surface area (Å²) >= 11 is 6.74. The van der Waals surface area contributed by atoms with Crippen molar-refractivity contribution in [1.82, 2.24) is 0 Å². The Balaban J connectivity index is 2.60. The van der Waals surface area contributed by atoms with Crippen molar-refractivity contribution in [3.8, 4) is 5.75 Å². The van der Waals surface area contributed by atoms with E-state index in [4.69, 9.17) is 10.5 Å². The maximum absolute atomic E-state index is 12.7. The highest BCUT2D eigenvalue weighted by Gasteiger charge is 2.18. The van der Waals surface area contributed by atoms with Gasteiger partial charge in [-0.1, -0.05) is 31.9 Å². The highest BCUT2D eigenvalue weighted by atomic mass is 79.9. The molecular weight excluding hydrogens is 386 g/mol. The van der Waals surface area contributed by atoms with E-state index in [-0.39, 0.29) is 5.78 Å². The number of rotatable bonds is 3. The molecule has 0 radical (unpaired) electrons. The van der Waals surface area contributed by atoms with Gasteiger partial charge in [-0.05, 0) is 42.8 Å². The van der Waals surface area contributed by atoms with Gasteiger partial charge in [-0.15, -0.1) is 0 Å². The molecule has 0 saturated heterocycles. The van der Waals surface area contributed by atoms with Gasteiger partial charge < -0.3 is 10.5 Å². The molecule has 0 aliphatic rings. The third-order valence-electron chi connectivity index (χ3n) is 3.06. The van der Waals surface area contributed by atoms with Crippen molar-refractivity contribution in [3.05, 3.63) is 56.0 Å². The summed E-state index contributed by atoms with van der Waals surface area (Å²) in [5.74, 6) is 0.421. The van der Waals surface area contributed by atoms with E-state index in [0.717, 1.165) is 14.5 Å². The Morgan fingerprint density at radius 3 is 2.40 bits per heavy atom. The van der Waals surface area contributed by atoms with E-state index >= 15 is 0 Å². The average Bonchev–Trinajstić information content (AvgIpc) is 2.42. The molecule has 0 aromatic heterocycles. The topological polar surface area (TPSA) is 52.3 Å². The minimum Gasteiger partial charge on any atom is -0.496 e. The summed E-state index contributed by atoms with van der Waals surface area (Å²) < 4.78 is 6.86. The van der Waals surface area contributed by atoms with Gasteiger partial charge in [-0.25, -0.2) is 0 Å². The molecule has 2 rings (SSSR count). The maximum Gasteiger partial charge on any atom is 0.197 e. The number of carbonyl (C=O) groups excluding carboxylic acids is 1. The van der Waals surface area contributed by atoms with Crippen molar-refractivity contribution >= 4 is 43.3 Å². The Kier molecular flexibility index (Phi) is 4.50. The lowest BCUT2D eigenvalue weighted by Gasteiger charge is -2.12. The van der Waals surface area contributed by atoms with Crippen LogP contribution in [-0.4, -0.2) is 12.9 Å². The van der Waals surface area contributed by atoms with Crippen molar-refractivity contribution in [3.63, 3.8) is 0 Å². The first kappa shape index (κ1) is 15.1. The van der Waals surface area contributed by atoms with Crippen LogP contribution in [0.1, 0.15) is 21.5 Å². The van der Waals surface area contributed by atoms with Gasteiger partial charge in [-0.2, -0.15) is 0 Å². The minimum atomic E-state index is -0.117. The molecule has 0 saturated carbocycles. The summed E-state index contributed by atoms with van der Waals surface area (Å²) in [4.78, 5) is 12.7. The third-order valence-corrected chi connectivity index (χ3v) is 4.01. The number of hydrogen-bond acceptors (Lipinski definition) is 3. The zero-order valence-electron chi connectivity index (χ0n) is 11.0. The molecule has 3 nitrogen and oxygen atoms in total. The molecule has 0 heterocycles. The SMILES string of the molecule is COc1ccc(Br)cc1C(=O)c1cc(Br)cc(N)c1C. The number of carbonyl (C=O) groups is 1. The van der Waals surface area contributed by atoms with Gasteiger partial charge in [0.1, 0.15) is 5.75 Å². The van der Waals surface area contributed by atoms with Crippen molar-refractivity contribution in [2.45, 2.75) is 6.92 Å². The summed E-state index contributed by atoms with van der Waals surface area (Å²) in [7, 11) is 1.54. The van der Waals surface area contributed by atoms with Gasteiger partial charge in [0.05, 0.1) is 12.7 Å². The van der Waals surface area contributed by atoms with Gasteiger partial charge in [0.25, 0.3) is 0 Å². The van der Waals surface area contributed by atoms with Crippen molar-refractivity contribution in [2.24, 2.45) is 0 Å². The Bertz CT molecular complexity index is 684. The van der Waals surface area contributed by atoms with Crippen molar-refractivity contribution in [1.29, 1.82) is 0 Å². The van der Waals surface area contributed by atoms with Gasteiger partial charge in [-0.3, -0.25) is 4.79 Å². The van der Waals surface area contributed by atoms with Crippen LogP contribution in [0.5, 0.6) is 5.75 Å². The molecule has 0 spiro atoms. The number of hydrogen-bond donors (Lipinski definition) is 1. The quantitative estimate of drug-likeness (QED) is 0.617. The molecule has 2 N–H and O–H groups in total. The first-order valence-electron chi connectivity index (χ1n) is 5.88. The number of ketones is 1. The summed E-state index contributed by atoms with van der Waals surface area (Å²) in [5, 5.41) is 0. The number of methoxy groups -OCH3 is 1. The normalized spacial score (nSPS) is 10.4. The van der Waals surface area contributed by atoms with Gasteiger partial charge in [0.15, 0.2) is 5.78 Å². The summed E-state index contributed by atoms with van der Waals surface area (Å²) in [6, 6.07) is 8.89. The summed E-state index contributed by atoms with van der Waals surface area (Å²) in [6.45, 7) is 1.83. The Morgan fingerprint density at radius 2 is 1.75 bits per heavy atom. The molecule has 2 aromatic rings. The number of benzene rings is 2. The smallest absolute Gasteiger partial charge is 0.197 e. The molecule has 0 fully saturated rings.